The minimum absolute atomic E-state index is 0.0311. The number of carbonyl (C=O) groups excluding carboxylic acids is 4. The summed E-state index contributed by atoms with van der Waals surface area (Å²) in [5.41, 5.74) is 0.125. The molecule has 4 amide bonds. The second kappa shape index (κ2) is 23.2. The highest BCUT2D eigenvalue weighted by Gasteiger charge is 2.41. The van der Waals surface area contributed by atoms with Gasteiger partial charge in [0, 0.05) is 52.4 Å². The Morgan fingerprint density at radius 3 is 0.613 bits per heavy atom. The third-order valence-electron chi connectivity index (χ3n) is 13.3. The minimum Gasteiger partial charge on any atom is -0.392 e. The summed E-state index contributed by atoms with van der Waals surface area (Å²) in [4.78, 5) is 66.3. The second-order valence-electron chi connectivity index (χ2n) is 16.4. The number of hydrogen-bond donors (Lipinski definition) is 0. The summed E-state index contributed by atoms with van der Waals surface area (Å²) in [6.07, 6.45) is 0. The molecule has 0 saturated carbocycles. The molecule has 4 aliphatic rings. The van der Waals surface area contributed by atoms with E-state index < -0.39 is 57.9 Å². The molecule has 1 aromatic rings. The third-order valence-corrected chi connectivity index (χ3v) is 27.8. The van der Waals surface area contributed by atoms with Gasteiger partial charge < -0.3 is 55.0 Å². The van der Waals surface area contributed by atoms with Gasteiger partial charge in [0.25, 0.3) is 23.6 Å². The average Bonchev–Trinajstić information content (AvgIpc) is 3.26. The number of nitrogens with zero attached hydrogens (tertiary/aromatic N) is 4. The van der Waals surface area contributed by atoms with Crippen LogP contribution in [-0.2, 0) is 35.4 Å². The first-order chi connectivity index (χ1) is 29.9. The van der Waals surface area contributed by atoms with Crippen LogP contribution in [-0.4, -0.2) is 183 Å². The van der Waals surface area contributed by atoms with Gasteiger partial charge in [0.2, 0.25) is 0 Å². The predicted molar refractivity (Wildman–Crippen MR) is 245 cm³/mol. The molecule has 4 aliphatic heterocycles. The minimum atomic E-state index is -2.40. The smallest absolute Gasteiger partial charge is 0.337 e. The van der Waals surface area contributed by atoms with Crippen molar-refractivity contribution >= 4 is 57.9 Å². The number of amides is 4. The van der Waals surface area contributed by atoms with E-state index in [0.717, 1.165) is 48.4 Å². The summed E-state index contributed by atoms with van der Waals surface area (Å²) in [6, 6.07) is 9.28. The number of rotatable bonds is 12. The van der Waals surface area contributed by atoms with Crippen molar-refractivity contribution in [3.63, 3.8) is 0 Å². The quantitative estimate of drug-likeness (QED) is 0.241. The van der Waals surface area contributed by atoms with Gasteiger partial charge in [-0.25, -0.2) is 0 Å². The Hall–Kier alpha value is -2.35. The van der Waals surface area contributed by atoms with Gasteiger partial charge in [-0.1, -0.05) is 55.4 Å². The fraction of sp³-hybridized carbons (Fsp3) is 0.762. The third kappa shape index (κ3) is 11.7. The summed E-state index contributed by atoms with van der Waals surface area (Å²) in [5.74, 6) is -1.80. The summed E-state index contributed by atoms with van der Waals surface area (Å²) >= 11 is 0. The Bertz CT molecular complexity index is 1400. The standard InChI is InChI=1S/C42H74N4O12Si4/c1-9-59(10-2)51-25-17-43(18-26-52-59)39(47)35-33-37(41(49)45-21-29-55-61(13-5,14-6)56-30-22-45)38(42(50)46-23-31-57-62(15-7,16-8)58-32-24-46)34-36(35)40(48)44-19-27-53-60(11-3,12-4)54-28-20-44/h33-34H,9-32H2,1-8H3. The monoisotopic (exact) mass is 938 g/mol. The van der Waals surface area contributed by atoms with Crippen molar-refractivity contribution < 1.29 is 54.6 Å². The lowest BCUT2D eigenvalue weighted by atomic mass is 9.94. The molecule has 0 radical (unpaired) electrons. The Balaban J connectivity index is 1.59. The Labute approximate surface area is 374 Å². The molecule has 4 fully saturated rings. The lowest BCUT2D eigenvalue weighted by molar-refractivity contribution is 0.0536. The largest absolute Gasteiger partial charge is 0.392 e. The van der Waals surface area contributed by atoms with Crippen molar-refractivity contribution in [2.24, 2.45) is 0 Å². The highest BCUT2D eigenvalue weighted by Crippen LogP contribution is 2.29. The normalized spacial score (nSPS) is 22.5. The van der Waals surface area contributed by atoms with Crippen LogP contribution in [0.25, 0.3) is 0 Å². The molecule has 1 aromatic carbocycles. The zero-order chi connectivity index (χ0) is 45.0. The predicted octanol–water partition coefficient (Wildman–Crippen LogP) is 5.57. The van der Waals surface area contributed by atoms with Crippen molar-refractivity contribution in [2.45, 2.75) is 104 Å². The van der Waals surface area contributed by atoms with E-state index >= 15 is 0 Å². The Morgan fingerprint density at radius 1 is 0.339 bits per heavy atom. The first kappa shape index (κ1) is 50.6. The van der Waals surface area contributed by atoms with Crippen molar-refractivity contribution in [3.05, 3.63) is 34.4 Å². The van der Waals surface area contributed by atoms with Gasteiger partial charge in [-0.05, 0) is 60.5 Å². The molecular weight excluding hydrogens is 865 g/mol. The van der Waals surface area contributed by atoms with Crippen LogP contribution < -0.4 is 0 Å². The maximum atomic E-state index is 15.0. The van der Waals surface area contributed by atoms with Crippen LogP contribution in [0.2, 0.25) is 48.4 Å². The molecule has 20 heteroatoms. The highest BCUT2D eigenvalue weighted by atomic mass is 28.4. The van der Waals surface area contributed by atoms with E-state index in [9.17, 15) is 19.2 Å². The van der Waals surface area contributed by atoms with Crippen LogP contribution in [0.3, 0.4) is 0 Å². The fourth-order valence-electron chi connectivity index (χ4n) is 8.78. The number of benzene rings is 1. The lowest BCUT2D eigenvalue weighted by Crippen LogP contribution is -2.50. The second-order valence-corrected chi connectivity index (χ2v) is 31.6. The van der Waals surface area contributed by atoms with E-state index in [2.05, 4.69) is 55.4 Å². The van der Waals surface area contributed by atoms with Gasteiger partial charge in [0.15, 0.2) is 0 Å². The van der Waals surface area contributed by atoms with Crippen molar-refractivity contribution in [1.29, 1.82) is 0 Å². The summed E-state index contributed by atoms with van der Waals surface area (Å²) in [5, 5.41) is 0. The molecule has 62 heavy (non-hydrogen) atoms. The average molecular weight is 939 g/mol. The van der Waals surface area contributed by atoms with Crippen molar-refractivity contribution in [1.82, 2.24) is 19.6 Å². The maximum absolute atomic E-state index is 15.0. The molecule has 0 aromatic heterocycles. The molecule has 350 valence electrons. The zero-order valence-electron chi connectivity index (χ0n) is 38.8. The van der Waals surface area contributed by atoms with Crippen LogP contribution in [0, 0.1) is 0 Å². The SMILES string of the molecule is CC[Si]1(CC)OCCN(C(=O)c2cc(C(=O)N3CCO[Si](CC)(CC)OCC3)c(C(=O)N3CCO[Si](CC)(CC)OCC3)cc2C(=O)N2CCO[Si](CC)(CC)OCC2)CCO1. The summed E-state index contributed by atoms with van der Waals surface area (Å²) in [7, 11) is -9.60. The lowest BCUT2D eigenvalue weighted by Gasteiger charge is -2.36. The number of hydrogen-bond acceptors (Lipinski definition) is 12. The van der Waals surface area contributed by atoms with E-state index in [1.54, 1.807) is 19.6 Å². The van der Waals surface area contributed by atoms with E-state index in [1.807, 2.05) is 0 Å². The molecule has 4 saturated heterocycles. The molecule has 0 atom stereocenters. The van der Waals surface area contributed by atoms with Gasteiger partial charge in [-0.15, -0.1) is 0 Å². The molecule has 0 spiro atoms. The fourth-order valence-corrected chi connectivity index (χ4v) is 18.1. The van der Waals surface area contributed by atoms with Crippen LogP contribution in [0.15, 0.2) is 12.1 Å². The molecule has 0 unspecified atom stereocenters. The van der Waals surface area contributed by atoms with Crippen LogP contribution in [0.5, 0.6) is 0 Å². The molecule has 0 bridgehead atoms. The van der Waals surface area contributed by atoms with E-state index in [0.29, 0.717) is 0 Å². The van der Waals surface area contributed by atoms with Gasteiger partial charge >= 0.3 is 34.2 Å². The molecular formula is C42H74N4O12Si4. The van der Waals surface area contributed by atoms with Crippen molar-refractivity contribution in [3.8, 4) is 0 Å². The molecule has 4 heterocycles. The van der Waals surface area contributed by atoms with Crippen LogP contribution in [0.1, 0.15) is 96.8 Å². The van der Waals surface area contributed by atoms with E-state index in [-0.39, 0.29) is 127 Å². The van der Waals surface area contributed by atoms with E-state index in [4.69, 9.17) is 35.4 Å². The topological polar surface area (TPSA) is 155 Å². The van der Waals surface area contributed by atoms with Crippen molar-refractivity contribution in [2.75, 3.05) is 105 Å². The first-order valence-corrected chi connectivity index (χ1v) is 32.2. The molecule has 16 nitrogen and oxygen atoms in total. The summed E-state index contributed by atoms with van der Waals surface area (Å²) < 4.78 is 50.8. The summed E-state index contributed by atoms with van der Waals surface area (Å²) in [6.45, 7) is 21.0. The Kier molecular flexibility index (Phi) is 19.0. The molecule has 0 N–H and O–H groups in total. The Morgan fingerprint density at radius 2 is 0.484 bits per heavy atom. The van der Waals surface area contributed by atoms with E-state index in [1.165, 1.54) is 12.1 Å². The van der Waals surface area contributed by atoms with Gasteiger partial charge in [0.1, 0.15) is 0 Å². The van der Waals surface area contributed by atoms with Gasteiger partial charge in [-0.3, -0.25) is 19.2 Å². The van der Waals surface area contributed by atoms with Gasteiger partial charge in [0.05, 0.1) is 75.1 Å². The molecule has 5 rings (SSSR count). The molecule has 0 aliphatic carbocycles. The zero-order valence-corrected chi connectivity index (χ0v) is 42.8. The first-order valence-electron chi connectivity index (χ1n) is 23.3. The van der Waals surface area contributed by atoms with Crippen LogP contribution in [0.4, 0.5) is 0 Å². The highest BCUT2D eigenvalue weighted by molar-refractivity contribution is 6.68. The van der Waals surface area contributed by atoms with Crippen LogP contribution >= 0.6 is 0 Å². The van der Waals surface area contributed by atoms with Gasteiger partial charge in [-0.2, -0.15) is 0 Å². The number of carbonyl (C=O) groups is 4. The maximum Gasteiger partial charge on any atom is 0.337 e.